The van der Waals surface area contributed by atoms with Crippen LogP contribution >= 0.6 is 0 Å². The van der Waals surface area contributed by atoms with E-state index < -0.39 is 0 Å². The van der Waals surface area contributed by atoms with Crippen molar-refractivity contribution in [3.05, 3.63) is 59.9 Å². The monoisotopic (exact) mass is 390 g/mol. The second-order valence-corrected chi connectivity index (χ2v) is 7.21. The molecule has 0 aliphatic heterocycles. The van der Waals surface area contributed by atoms with Crippen molar-refractivity contribution in [3.8, 4) is 11.3 Å². The first-order valence-corrected chi connectivity index (χ1v) is 9.50. The molecule has 3 aromatic rings. The van der Waals surface area contributed by atoms with Gasteiger partial charge in [-0.15, -0.1) is 0 Å². The van der Waals surface area contributed by atoms with Gasteiger partial charge < -0.3 is 20.7 Å². The lowest BCUT2D eigenvalue weighted by Crippen LogP contribution is -2.22. The van der Waals surface area contributed by atoms with Crippen LogP contribution in [-0.4, -0.2) is 33.4 Å². The lowest BCUT2D eigenvalue weighted by molar-refractivity contribution is -0.114. The first-order chi connectivity index (χ1) is 14.0. The van der Waals surface area contributed by atoms with Crippen molar-refractivity contribution < 1.29 is 14.7 Å². The number of H-pyrrole nitrogens is 1. The van der Waals surface area contributed by atoms with Crippen molar-refractivity contribution >= 4 is 28.9 Å². The highest BCUT2D eigenvalue weighted by molar-refractivity contribution is 6.07. The van der Waals surface area contributed by atoms with Crippen LogP contribution in [0, 0.1) is 5.92 Å². The van der Waals surface area contributed by atoms with E-state index >= 15 is 0 Å². The number of rotatable bonds is 5. The van der Waals surface area contributed by atoms with Crippen molar-refractivity contribution in [3.63, 3.8) is 0 Å². The molecule has 0 spiro atoms. The Labute approximate surface area is 168 Å². The van der Waals surface area contributed by atoms with Gasteiger partial charge in [-0.1, -0.05) is 18.2 Å². The topological polar surface area (TPSA) is 107 Å². The highest BCUT2D eigenvalue weighted by atomic mass is 16.3. The Morgan fingerprint density at radius 2 is 2.03 bits per heavy atom. The number of nitrogens with one attached hydrogen (secondary N) is 3. The van der Waals surface area contributed by atoms with Crippen molar-refractivity contribution in [1.82, 2.24) is 9.97 Å². The second kappa shape index (κ2) is 7.89. The Morgan fingerprint density at radius 1 is 1.24 bits per heavy atom. The number of Topliss-reactive ketones (excluding diaryl/α,β-unsaturated/α-hetero) is 1. The molecule has 0 saturated carbocycles. The molecule has 1 aliphatic rings. The maximum atomic E-state index is 12.9. The first kappa shape index (κ1) is 18.9. The number of ketones is 1. The fourth-order valence-corrected chi connectivity index (χ4v) is 3.71. The number of aliphatic hydroxyl groups is 1. The van der Waals surface area contributed by atoms with E-state index in [0.717, 1.165) is 22.6 Å². The lowest BCUT2D eigenvalue weighted by atomic mass is 9.86. The van der Waals surface area contributed by atoms with E-state index in [0.29, 0.717) is 29.9 Å². The largest absolute Gasteiger partial charge is 0.396 e. The molecule has 1 atom stereocenters. The fraction of sp³-hybridized carbons (Fsp3) is 0.227. The number of aromatic amines is 1. The minimum Gasteiger partial charge on any atom is -0.396 e. The molecular formula is C22H22N4O3. The summed E-state index contributed by atoms with van der Waals surface area (Å²) in [6.07, 6.45) is 2.54. The molecule has 4 N–H and O–H groups in total. The summed E-state index contributed by atoms with van der Waals surface area (Å²) >= 11 is 0. The van der Waals surface area contributed by atoms with Crippen LogP contribution in [0.15, 0.2) is 48.7 Å². The molecule has 1 aliphatic carbocycles. The van der Waals surface area contributed by atoms with Crippen molar-refractivity contribution in [2.75, 3.05) is 17.2 Å². The quantitative estimate of drug-likeness (QED) is 0.533. The van der Waals surface area contributed by atoms with Crippen LogP contribution in [0.25, 0.3) is 11.3 Å². The molecule has 0 fully saturated rings. The zero-order chi connectivity index (χ0) is 20.4. The van der Waals surface area contributed by atoms with E-state index in [1.54, 1.807) is 12.3 Å². The predicted octanol–water partition coefficient (Wildman–Crippen LogP) is 3.52. The number of hydrogen-bond acceptors (Lipinski definition) is 5. The van der Waals surface area contributed by atoms with E-state index in [-0.39, 0.29) is 24.2 Å². The molecule has 0 bridgehead atoms. The van der Waals surface area contributed by atoms with Crippen LogP contribution in [0.1, 0.15) is 29.4 Å². The molecule has 7 heteroatoms. The lowest BCUT2D eigenvalue weighted by Gasteiger charge is -2.20. The maximum absolute atomic E-state index is 12.9. The third-order valence-corrected chi connectivity index (χ3v) is 4.98. The number of amides is 1. The molecule has 1 aromatic carbocycles. The van der Waals surface area contributed by atoms with Crippen LogP contribution in [0.3, 0.4) is 0 Å². The number of hydrogen-bond donors (Lipinski definition) is 4. The van der Waals surface area contributed by atoms with Gasteiger partial charge in [-0.2, -0.15) is 0 Å². The van der Waals surface area contributed by atoms with E-state index in [4.69, 9.17) is 0 Å². The number of benzene rings is 1. The third kappa shape index (κ3) is 3.90. The van der Waals surface area contributed by atoms with Crippen LogP contribution in [-0.2, 0) is 11.2 Å². The summed E-state index contributed by atoms with van der Waals surface area (Å²) in [6, 6.07) is 13.2. The normalized spacial score (nSPS) is 15.7. The zero-order valence-corrected chi connectivity index (χ0v) is 16.0. The van der Waals surface area contributed by atoms with Crippen LogP contribution in [0.2, 0.25) is 0 Å². The zero-order valence-electron chi connectivity index (χ0n) is 16.0. The maximum Gasteiger partial charge on any atom is 0.222 e. The molecule has 7 nitrogen and oxygen atoms in total. The van der Waals surface area contributed by atoms with Gasteiger partial charge in [0.25, 0.3) is 0 Å². The van der Waals surface area contributed by atoms with Crippen LogP contribution in [0.5, 0.6) is 0 Å². The number of para-hydroxylation sites is 1. The molecular weight excluding hydrogens is 368 g/mol. The predicted molar refractivity (Wildman–Crippen MR) is 111 cm³/mol. The average Bonchev–Trinajstić information content (AvgIpc) is 3.07. The van der Waals surface area contributed by atoms with Gasteiger partial charge in [0.05, 0.1) is 16.9 Å². The van der Waals surface area contributed by atoms with Crippen LogP contribution < -0.4 is 10.6 Å². The minimum atomic E-state index is -0.205. The number of nitrogens with zero attached hydrogens (tertiary/aromatic N) is 1. The minimum absolute atomic E-state index is 0.00220. The third-order valence-electron chi connectivity index (χ3n) is 4.98. The van der Waals surface area contributed by atoms with E-state index in [1.165, 1.54) is 6.92 Å². The molecule has 1 unspecified atom stereocenters. The number of aromatic nitrogens is 2. The van der Waals surface area contributed by atoms with E-state index in [9.17, 15) is 14.7 Å². The molecule has 29 heavy (non-hydrogen) atoms. The molecule has 4 rings (SSSR count). The molecule has 1 amide bonds. The molecule has 148 valence electrons. The second-order valence-electron chi connectivity index (χ2n) is 7.21. The molecule has 0 radical (unpaired) electrons. The van der Waals surface area contributed by atoms with E-state index in [2.05, 4.69) is 20.6 Å². The number of anilines is 3. The Balaban J connectivity index is 1.83. The number of carbonyl (C=O) groups excluding carboxylic acids is 2. The van der Waals surface area contributed by atoms with E-state index in [1.807, 2.05) is 36.4 Å². The molecule has 0 saturated heterocycles. The smallest absolute Gasteiger partial charge is 0.222 e. The summed E-state index contributed by atoms with van der Waals surface area (Å²) in [6.45, 7) is 1.40. The van der Waals surface area contributed by atoms with Crippen molar-refractivity contribution in [1.29, 1.82) is 0 Å². The van der Waals surface area contributed by atoms with Gasteiger partial charge in [-0.25, -0.2) is 4.98 Å². The Hall–Kier alpha value is -3.45. The summed E-state index contributed by atoms with van der Waals surface area (Å²) in [5.74, 6) is 0.151. The highest BCUT2D eigenvalue weighted by Gasteiger charge is 2.31. The number of pyridine rings is 1. The summed E-state index contributed by atoms with van der Waals surface area (Å²) in [4.78, 5) is 31.8. The Bertz CT molecular complexity index is 1060. The molecule has 2 heterocycles. The Morgan fingerprint density at radius 3 is 2.76 bits per heavy atom. The van der Waals surface area contributed by atoms with Gasteiger partial charge >= 0.3 is 0 Å². The summed E-state index contributed by atoms with van der Waals surface area (Å²) in [5.41, 5.74) is 4.55. The van der Waals surface area contributed by atoms with Gasteiger partial charge in [-0.05, 0) is 36.6 Å². The van der Waals surface area contributed by atoms with Crippen molar-refractivity contribution in [2.45, 2.75) is 19.8 Å². The average molecular weight is 390 g/mol. The number of fused-ring (bicyclic) bond motifs is 1. The highest BCUT2D eigenvalue weighted by Crippen LogP contribution is 2.40. The number of aliphatic hydroxyl groups excluding tert-OH is 1. The van der Waals surface area contributed by atoms with Gasteiger partial charge in [-0.3, -0.25) is 9.59 Å². The summed E-state index contributed by atoms with van der Waals surface area (Å²) in [7, 11) is 0. The SMILES string of the molecule is CC(=O)Nc1cc(-c2[nH]c3c(c2Nc2ccccc2)C(=O)CC(CO)C3)ccn1. The van der Waals surface area contributed by atoms with Gasteiger partial charge in [0.1, 0.15) is 5.82 Å². The summed E-state index contributed by atoms with van der Waals surface area (Å²) < 4.78 is 0. The molecule has 2 aromatic heterocycles. The first-order valence-electron chi connectivity index (χ1n) is 9.50. The van der Waals surface area contributed by atoms with Gasteiger partial charge in [0.2, 0.25) is 5.91 Å². The number of carbonyl (C=O) groups is 2. The summed E-state index contributed by atoms with van der Waals surface area (Å²) in [5, 5.41) is 15.6. The Kier molecular flexibility index (Phi) is 5.14. The van der Waals surface area contributed by atoms with Gasteiger partial charge in [0.15, 0.2) is 5.78 Å². The van der Waals surface area contributed by atoms with Crippen LogP contribution in [0.4, 0.5) is 17.2 Å². The van der Waals surface area contributed by atoms with Gasteiger partial charge in [0, 0.05) is 43.1 Å². The standard InChI is InChI=1S/C22H22N4O3/c1-13(28)24-19-11-15(7-8-23-19)21-22(25-16-5-3-2-4-6-16)20-17(26-21)9-14(12-27)10-18(20)29/h2-8,11,14,25-27H,9-10,12H2,1H3,(H,23,24,28). The van der Waals surface area contributed by atoms with Crippen molar-refractivity contribution in [2.24, 2.45) is 5.92 Å². The fourth-order valence-electron chi connectivity index (χ4n) is 3.71.